The SMILES string of the molecule is CC(C)(C)OC(=O)N1CCN(C(=O)c2ccccc2I)CC12CC2. The van der Waals surface area contributed by atoms with E-state index in [2.05, 4.69) is 22.6 Å². The minimum Gasteiger partial charge on any atom is -0.444 e. The molecular formula is C18H23IN2O3. The Kier molecular flexibility index (Phi) is 4.53. The maximum absolute atomic E-state index is 12.8. The van der Waals surface area contributed by atoms with E-state index in [1.165, 1.54) is 0 Å². The first kappa shape index (κ1) is 17.5. The molecule has 24 heavy (non-hydrogen) atoms. The highest BCUT2D eigenvalue weighted by Gasteiger charge is 2.55. The summed E-state index contributed by atoms with van der Waals surface area (Å²) in [5.74, 6) is 0.0510. The van der Waals surface area contributed by atoms with Crippen molar-refractivity contribution >= 4 is 34.6 Å². The number of piperazine rings is 1. The molecule has 130 valence electrons. The number of ether oxygens (including phenoxy) is 1. The Morgan fingerprint density at radius 3 is 2.42 bits per heavy atom. The van der Waals surface area contributed by atoms with Crippen LogP contribution in [0.1, 0.15) is 44.0 Å². The second kappa shape index (κ2) is 6.20. The number of hydrogen-bond acceptors (Lipinski definition) is 3. The van der Waals surface area contributed by atoms with Crippen molar-refractivity contribution in [2.75, 3.05) is 19.6 Å². The number of amides is 2. The predicted molar refractivity (Wildman–Crippen MR) is 100.0 cm³/mol. The fraction of sp³-hybridized carbons (Fsp3) is 0.556. The molecule has 0 unspecified atom stereocenters. The molecule has 0 radical (unpaired) electrons. The maximum Gasteiger partial charge on any atom is 0.410 e. The Morgan fingerprint density at radius 2 is 1.83 bits per heavy atom. The number of benzene rings is 1. The minimum absolute atomic E-state index is 0.0510. The summed E-state index contributed by atoms with van der Waals surface area (Å²) in [6.07, 6.45) is 1.60. The lowest BCUT2D eigenvalue weighted by atomic mass is 10.1. The van der Waals surface area contributed by atoms with Gasteiger partial charge in [0.05, 0.1) is 11.1 Å². The molecule has 1 saturated heterocycles. The molecule has 3 rings (SSSR count). The first-order chi connectivity index (χ1) is 11.2. The predicted octanol–water partition coefficient (Wildman–Crippen LogP) is 3.52. The Balaban J connectivity index is 1.72. The first-order valence-corrected chi connectivity index (χ1v) is 9.34. The van der Waals surface area contributed by atoms with Crippen molar-refractivity contribution in [2.45, 2.75) is 44.8 Å². The van der Waals surface area contributed by atoms with Crippen molar-refractivity contribution in [3.8, 4) is 0 Å². The Hall–Kier alpha value is -1.31. The van der Waals surface area contributed by atoms with Crippen LogP contribution in [0.25, 0.3) is 0 Å². The van der Waals surface area contributed by atoms with Gasteiger partial charge in [-0.05, 0) is 68.3 Å². The number of nitrogens with zero attached hydrogens (tertiary/aromatic N) is 2. The van der Waals surface area contributed by atoms with Crippen molar-refractivity contribution in [2.24, 2.45) is 0 Å². The highest BCUT2D eigenvalue weighted by atomic mass is 127. The molecule has 1 heterocycles. The third kappa shape index (κ3) is 3.53. The molecule has 0 aromatic heterocycles. The van der Waals surface area contributed by atoms with Gasteiger partial charge in [0.25, 0.3) is 5.91 Å². The molecule has 0 bridgehead atoms. The second-order valence-corrected chi connectivity index (χ2v) is 8.73. The highest BCUT2D eigenvalue weighted by molar-refractivity contribution is 14.1. The van der Waals surface area contributed by atoms with Gasteiger partial charge in [-0.15, -0.1) is 0 Å². The summed E-state index contributed by atoms with van der Waals surface area (Å²) >= 11 is 2.19. The monoisotopic (exact) mass is 442 g/mol. The summed E-state index contributed by atoms with van der Waals surface area (Å²) in [6, 6.07) is 7.63. The van der Waals surface area contributed by atoms with Crippen molar-refractivity contribution in [1.82, 2.24) is 9.80 Å². The van der Waals surface area contributed by atoms with Crippen molar-refractivity contribution in [3.05, 3.63) is 33.4 Å². The minimum atomic E-state index is -0.500. The normalized spacial score (nSPS) is 19.3. The van der Waals surface area contributed by atoms with Crippen LogP contribution in [0.5, 0.6) is 0 Å². The van der Waals surface area contributed by atoms with Crippen LogP contribution in [0.3, 0.4) is 0 Å². The summed E-state index contributed by atoms with van der Waals surface area (Å²) in [4.78, 5) is 29.0. The van der Waals surface area contributed by atoms with Gasteiger partial charge in [0.1, 0.15) is 5.60 Å². The van der Waals surface area contributed by atoms with Gasteiger partial charge in [0.2, 0.25) is 0 Å². The van der Waals surface area contributed by atoms with Crippen molar-refractivity contribution < 1.29 is 14.3 Å². The molecule has 1 saturated carbocycles. The van der Waals surface area contributed by atoms with Gasteiger partial charge in [-0.1, -0.05) is 12.1 Å². The smallest absolute Gasteiger partial charge is 0.410 e. The Bertz CT molecular complexity index is 664. The summed E-state index contributed by atoms with van der Waals surface area (Å²) in [6.45, 7) is 7.30. The van der Waals surface area contributed by atoms with Crippen LogP contribution in [-0.4, -0.2) is 52.6 Å². The third-order valence-electron chi connectivity index (χ3n) is 4.48. The van der Waals surface area contributed by atoms with Crippen LogP contribution in [0.15, 0.2) is 24.3 Å². The molecule has 6 heteroatoms. The van der Waals surface area contributed by atoms with Crippen LogP contribution in [0.4, 0.5) is 4.79 Å². The molecule has 2 amide bonds. The molecule has 5 nitrogen and oxygen atoms in total. The largest absolute Gasteiger partial charge is 0.444 e. The van der Waals surface area contributed by atoms with E-state index in [1.807, 2.05) is 54.8 Å². The van der Waals surface area contributed by atoms with Crippen molar-refractivity contribution in [3.63, 3.8) is 0 Å². The molecule has 0 atom stereocenters. The molecule has 0 N–H and O–H groups in total. The van der Waals surface area contributed by atoms with Crippen LogP contribution in [-0.2, 0) is 4.74 Å². The number of hydrogen-bond donors (Lipinski definition) is 0. The zero-order valence-electron chi connectivity index (χ0n) is 14.3. The number of rotatable bonds is 1. The first-order valence-electron chi connectivity index (χ1n) is 8.26. The van der Waals surface area contributed by atoms with Crippen molar-refractivity contribution in [1.29, 1.82) is 0 Å². The van der Waals surface area contributed by atoms with Gasteiger partial charge in [0.15, 0.2) is 0 Å². The number of carbonyl (C=O) groups excluding carboxylic acids is 2. The maximum atomic E-state index is 12.8. The summed E-state index contributed by atoms with van der Waals surface area (Å²) < 4.78 is 6.49. The molecule has 1 spiro atoms. The lowest BCUT2D eigenvalue weighted by Crippen LogP contribution is -2.59. The van der Waals surface area contributed by atoms with E-state index in [-0.39, 0.29) is 17.5 Å². The number of halogens is 1. The van der Waals surface area contributed by atoms with Crippen LogP contribution in [0.2, 0.25) is 0 Å². The molecule has 1 aliphatic carbocycles. The second-order valence-electron chi connectivity index (χ2n) is 7.56. The Labute approximate surface area is 156 Å². The van der Waals surface area contributed by atoms with E-state index in [0.717, 1.165) is 22.0 Å². The summed E-state index contributed by atoms with van der Waals surface area (Å²) in [5, 5.41) is 0. The quantitative estimate of drug-likeness (QED) is 0.626. The topological polar surface area (TPSA) is 49.9 Å². The molecule has 2 fully saturated rings. The van der Waals surface area contributed by atoms with Gasteiger partial charge in [-0.2, -0.15) is 0 Å². The van der Waals surface area contributed by atoms with E-state index in [0.29, 0.717) is 19.6 Å². The fourth-order valence-corrected chi connectivity index (χ4v) is 3.75. The van der Waals surface area contributed by atoms with Gasteiger partial charge in [0, 0.05) is 23.2 Å². The third-order valence-corrected chi connectivity index (χ3v) is 5.42. The van der Waals surface area contributed by atoms with E-state index in [1.54, 1.807) is 0 Å². The molecular weight excluding hydrogens is 419 g/mol. The zero-order chi connectivity index (χ0) is 17.5. The molecule has 1 aliphatic heterocycles. The van der Waals surface area contributed by atoms with E-state index < -0.39 is 5.60 Å². The van der Waals surface area contributed by atoms with Crippen LogP contribution in [0, 0.1) is 3.57 Å². The fourth-order valence-electron chi connectivity index (χ4n) is 3.13. The van der Waals surface area contributed by atoms with E-state index in [9.17, 15) is 9.59 Å². The van der Waals surface area contributed by atoms with Gasteiger partial charge >= 0.3 is 6.09 Å². The van der Waals surface area contributed by atoms with Gasteiger partial charge < -0.3 is 9.64 Å². The van der Waals surface area contributed by atoms with Crippen LogP contribution >= 0.6 is 22.6 Å². The van der Waals surface area contributed by atoms with E-state index >= 15 is 0 Å². The summed E-state index contributed by atoms with van der Waals surface area (Å²) in [7, 11) is 0. The van der Waals surface area contributed by atoms with E-state index in [4.69, 9.17) is 4.74 Å². The molecule has 1 aromatic rings. The highest BCUT2D eigenvalue weighted by Crippen LogP contribution is 2.45. The lowest BCUT2D eigenvalue weighted by Gasteiger charge is -2.42. The lowest BCUT2D eigenvalue weighted by molar-refractivity contribution is -0.00574. The van der Waals surface area contributed by atoms with Gasteiger partial charge in [-0.3, -0.25) is 9.69 Å². The standard InChI is InChI=1S/C18H23IN2O3/c1-17(2,3)24-16(23)21-11-10-20(12-18(21)8-9-18)15(22)13-6-4-5-7-14(13)19/h4-7H,8-12H2,1-3H3. The summed E-state index contributed by atoms with van der Waals surface area (Å²) in [5.41, 5.74) is 0.0103. The van der Waals surface area contributed by atoms with Gasteiger partial charge in [-0.25, -0.2) is 4.79 Å². The average molecular weight is 442 g/mol. The zero-order valence-corrected chi connectivity index (χ0v) is 16.5. The number of carbonyl (C=O) groups is 2. The molecule has 1 aromatic carbocycles. The van der Waals surface area contributed by atoms with Crippen LogP contribution < -0.4 is 0 Å². The average Bonchev–Trinajstić information content (AvgIpc) is 3.24. The Morgan fingerprint density at radius 1 is 1.17 bits per heavy atom. The molecule has 2 aliphatic rings.